The van der Waals surface area contributed by atoms with Gasteiger partial charge in [-0.1, -0.05) is 0 Å². The number of nitrogens with zero attached hydrogens (tertiary/aromatic N) is 1. The van der Waals surface area contributed by atoms with Gasteiger partial charge in [-0.25, -0.2) is 4.98 Å². The maximum atomic E-state index is 5.84. The van der Waals surface area contributed by atoms with E-state index in [1.807, 2.05) is 26.0 Å². The molecule has 0 saturated carbocycles. The predicted octanol–water partition coefficient (Wildman–Crippen LogP) is 1.24. The summed E-state index contributed by atoms with van der Waals surface area (Å²) in [6.45, 7) is 4.65. The highest BCUT2D eigenvalue weighted by Gasteiger charge is 2.09. The van der Waals surface area contributed by atoms with Crippen molar-refractivity contribution >= 4 is 5.69 Å². The van der Waals surface area contributed by atoms with Gasteiger partial charge in [-0.3, -0.25) is 0 Å². The summed E-state index contributed by atoms with van der Waals surface area (Å²) in [5.41, 5.74) is 6.59. The van der Waals surface area contributed by atoms with Crippen LogP contribution >= 0.6 is 0 Å². The molecule has 0 bridgehead atoms. The van der Waals surface area contributed by atoms with E-state index in [0.29, 0.717) is 12.4 Å². The minimum Gasteiger partial charge on any atom is -0.481 e. The third-order valence-corrected chi connectivity index (χ3v) is 1.69. The SMILES string of the molecule is COc1cc(NCC(C)(C)N)ccn1. The van der Waals surface area contributed by atoms with Gasteiger partial charge in [0.2, 0.25) is 5.88 Å². The molecule has 1 rings (SSSR count). The molecular weight excluding hydrogens is 178 g/mol. The normalized spacial score (nSPS) is 11.1. The van der Waals surface area contributed by atoms with Crippen LogP contribution in [0.3, 0.4) is 0 Å². The highest BCUT2D eigenvalue weighted by atomic mass is 16.5. The van der Waals surface area contributed by atoms with Crippen molar-refractivity contribution in [3.8, 4) is 5.88 Å². The molecule has 3 N–H and O–H groups in total. The third kappa shape index (κ3) is 3.62. The Bertz CT molecular complexity index is 294. The summed E-state index contributed by atoms with van der Waals surface area (Å²) in [5, 5.41) is 3.21. The number of rotatable bonds is 4. The van der Waals surface area contributed by atoms with Gasteiger partial charge in [0.1, 0.15) is 0 Å². The van der Waals surface area contributed by atoms with E-state index in [-0.39, 0.29) is 5.54 Å². The van der Waals surface area contributed by atoms with E-state index >= 15 is 0 Å². The van der Waals surface area contributed by atoms with Crippen LogP contribution in [0.2, 0.25) is 0 Å². The number of aromatic nitrogens is 1. The van der Waals surface area contributed by atoms with Crippen LogP contribution in [0.1, 0.15) is 13.8 Å². The maximum absolute atomic E-state index is 5.84. The van der Waals surface area contributed by atoms with Crippen LogP contribution in [0.5, 0.6) is 5.88 Å². The average molecular weight is 195 g/mol. The van der Waals surface area contributed by atoms with Gasteiger partial charge in [0.15, 0.2) is 0 Å². The lowest BCUT2D eigenvalue weighted by atomic mass is 10.1. The molecule has 0 aliphatic rings. The van der Waals surface area contributed by atoms with Crippen molar-refractivity contribution in [1.29, 1.82) is 0 Å². The number of hydrogen-bond acceptors (Lipinski definition) is 4. The molecule has 0 saturated heterocycles. The fourth-order valence-corrected chi connectivity index (χ4v) is 0.961. The summed E-state index contributed by atoms with van der Waals surface area (Å²) in [5.74, 6) is 0.602. The van der Waals surface area contributed by atoms with Gasteiger partial charge in [0.25, 0.3) is 0 Å². The summed E-state index contributed by atoms with van der Waals surface area (Å²) in [6.07, 6.45) is 1.70. The molecule has 0 aliphatic heterocycles. The first-order valence-electron chi connectivity index (χ1n) is 4.54. The minimum absolute atomic E-state index is 0.226. The van der Waals surface area contributed by atoms with Crippen LogP contribution < -0.4 is 15.8 Å². The maximum Gasteiger partial charge on any atom is 0.214 e. The van der Waals surface area contributed by atoms with Crippen molar-refractivity contribution in [2.75, 3.05) is 19.0 Å². The number of hydrogen-bond donors (Lipinski definition) is 2. The van der Waals surface area contributed by atoms with Crippen LogP contribution in [0.4, 0.5) is 5.69 Å². The monoisotopic (exact) mass is 195 g/mol. The molecule has 78 valence electrons. The van der Waals surface area contributed by atoms with Crippen molar-refractivity contribution in [2.24, 2.45) is 5.73 Å². The molecule has 0 unspecified atom stereocenters. The van der Waals surface area contributed by atoms with Crippen molar-refractivity contribution in [3.63, 3.8) is 0 Å². The van der Waals surface area contributed by atoms with Crippen LogP contribution in [0, 0.1) is 0 Å². The molecular formula is C10H17N3O. The Labute approximate surface area is 84.5 Å². The van der Waals surface area contributed by atoms with Gasteiger partial charge < -0.3 is 15.8 Å². The number of anilines is 1. The third-order valence-electron chi connectivity index (χ3n) is 1.69. The lowest BCUT2D eigenvalue weighted by Gasteiger charge is -2.19. The Morgan fingerprint density at radius 3 is 2.86 bits per heavy atom. The van der Waals surface area contributed by atoms with E-state index < -0.39 is 0 Å². The summed E-state index contributed by atoms with van der Waals surface area (Å²) in [7, 11) is 1.60. The number of nitrogens with two attached hydrogens (primary N) is 1. The summed E-state index contributed by atoms with van der Waals surface area (Å²) in [6, 6.07) is 3.72. The standard InChI is InChI=1S/C10H17N3O/c1-10(2,11)7-13-8-4-5-12-9(6-8)14-3/h4-6H,7,11H2,1-3H3,(H,12,13). The highest BCUT2D eigenvalue weighted by molar-refractivity contribution is 5.45. The van der Waals surface area contributed by atoms with Crippen molar-refractivity contribution < 1.29 is 4.74 Å². The summed E-state index contributed by atoms with van der Waals surface area (Å²) < 4.78 is 5.00. The molecule has 0 amide bonds. The second-order valence-corrected chi connectivity index (χ2v) is 3.93. The van der Waals surface area contributed by atoms with Gasteiger partial charge in [-0.15, -0.1) is 0 Å². The van der Waals surface area contributed by atoms with Crippen molar-refractivity contribution in [3.05, 3.63) is 18.3 Å². The zero-order valence-corrected chi connectivity index (χ0v) is 8.87. The first-order valence-corrected chi connectivity index (χ1v) is 4.54. The van der Waals surface area contributed by atoms with E-state index in [9.17, 15) is 0 Å². The lowest BCUT2D eigenvalue weighted by molar-refractivity contribution is 0.398. The number of nitrogens with one attached hydrogen (secondary N) is 1. The van der Waals surface area contributed by atoms with E-state index in [4.69, 9.17) is 10.5 Å². The molecule has 4 heteroatoms. The van der Waals surface area contributed by atoms with Gasteiger partial charge in [-0.05, 0) is 19.9 Å². The number of methoxy groups -OCH3 is 1. The topological polar surface area (TPSA) is 60.2 Å². The largest absolute Gasteiger partial charge is 0.481 e. The van der Waals surface area contributed by atoms with Gasteiger partial charge in [-0.2, -0.15) is 0 Å². The number of ether oxygens (including phenoxy) is 1. The molecule has 0 spiro atoms. The second-order valence-electron chi connectivity index (χ2n) is 3.93. The Balaban J connectivity index is 2.59. The van der Waals surface area contributed by atoms with Crippen molar-refractivity contribution in [1.82, 2.24) is 4.98 Å². The van der Waals surface area contributed by atoms with E-state index in [1.165, 1.54) is 0 Å². The van der Waals surface area contributed by atoms with Crippen molar-refractivity contribution in [2.45, 2.75) is 19.4 Å². The van der Waals surface area contributed by atoms with Gasteiger partial charge >= 0.3 is 0 Å². The van der Waals surface area contributed by atoms with Gasteiger partial charge in [0, 0.05) is 30.0 Å². The first kappa shape index (κ1) is 10.8. The summed E-state index contributed by atoms with van der Waals surface area (Å²) in [4.78, 5) is 4.01. The smallest absolute Gasteiger partial charge is 0.214 e. The molecule has 0 fully saturated rings. The Morgan fingerprint density at radius 2 is 2.29 bits per heavy atom. The number of pyridine rings is 1. The molecule has 0 aliphatic carbocycles. The van der Waals surface area contributed by atoms with E-state index in [0.717, 1.165) is 5.69 Å². The first-order chi connectivity index (χ1) is 6.51. The molecule has 0 aromatic carbocycles. The quantitative estimate of drug-likeness (QED) is 0.758. The summed E-state index contributed by atoms with van der Waals surface area (Å²) >= 11 is 0. The van der Waals surface area contributed by atoms with Crippen LogP contribution in [0.25, 0.3) is 0 Å². The molecule has 0 atom stereocenters. The van der Waals surface area contributed by atoms with Crippen LogP contribution in [-0.4, -0.2) is 24.2 Å². The zero-order valence-electron chi connectivity index (χ0n) is 8.87. The van der Waals surface area contributed by atoms with E-state index in [1.54, 1.807) is 13.3 Å². The second kappa shape index (κ2) is 4.28. The molecule has 1 aromatic heterocycles. The van der Waals surface area contributed by atoms with Gasteiger partial charge in [0.05, 0.1) is 7.11 Å². The predicted molar refractivity (Wildman–Crippen MR) is 57.5 cm³/mol. The molecule has 1 heterocycles. The molecule has 1 aromatic rings. The average Bonchev–Trinajstić information content (AvgIpc) is 2.14. The highest BCUT2D eigenvalue weighted by Crippen LogP contribution is 2.13. The Morgan fingerprint density at radius 1 is 1.57 bits per heavy atom. The van der Waals surface area contributed by atoms with Crippen LogP contribution in [0.15, 0.2) is 18.3 Å². The fraction of sp³-hybridized carbons (Fsp3) is 0.500. The molecule has 14 heavy (non-hydrogen) atoms. The lowest BCUT2D eigenvalue weighted by Crippen LogP contribution is -2.39. The van der Waals surface area contributed by atoms with Crippen LogP contribution in [-0.2, 0) is 0 Å². The fourth-order valence-electron chi connectivity index (χ4n) is 0.961. The Kier molecular flexibility index (Phi) is 3.30. The Hall–Kier alpha value is -1.29. The minimum atomic E-state index is -0.226. The van der Waals surface area contributed by atoms with E-state index in [2.05, 4.69) is 10.3 Å². The zero-order chi connectivity index (χ0) is 10.6. The molecule has 4 nitrogen and oxygen atoms in total. The molecule has 0 radical (unpaired) electrons.